The molecule has 2 heterocycles. The van der Waals surface area contributed by atoms with E-state index in [2.05, 4.69) is 33.9 Å². The first-order valence-electron chi connectivity index (χ1n) is 10.3. The van der Waals surface area contributed by atoms with Crippen LogP contribution in [-0.4, -0.2) is 65.2 Å². The fourth-order valence-electron chi connectivity index (χ4n) is 3.69. The molecule has 0 saturated carbocycles. The second-order valence-corrected chi connectivity index (χ2v) is 8.10. The first-order chi connectivity index (χ1) is 14.3. The van der Waals surface area contributed by atoms with Crippen molar-refractivity contribution >= 4 is 16.8 Å². The number of aromatic amines is 1. The molecule has 0 radical (unpaired) electrons. The Morgan fingerprint density at radius 1 is 1.13 bits per heavy atom. The number of pyridine rings is 1. The summed E-state index contributed by atoms with van der Waals surface area (Å²) < 4.78 is 5.82. The number of H-pyrrole nitrogens is 1. The maximum atomic E-state index is 13.5. The molecular weight excluding hydrogens is 378 g/mol. The normalized spacial score (nSPS) is 12.5. The van der Waals surface area contributed by atoms with E-state index < -0.39 is 0 Å². The minimum Gasteiger partial charge on any atom is -0.494 e. The lowest BCUT2D eigenvalue weighted by Gasteiger charge is -2.31. The topological polar surface area (TPSA) is 74.3 Å². The first kappa shape index (κ1) is 21.8. The van der Waals surface area contributed by atoms with Gasteiger partial charge < -0.3 is 14.5 Å². The molecule has 0 fully saturated rings. The van der Waals surface area contributed by atoms with Crippen molar-refractivity contribution < 1.29 is 9.53 Å². The maximum Gasteiger partial charge on any atom is 0.254 e. The Hall–Kier alpha value is -2.93. The Balaban J connectivity index is 1.99. The number of hydrogen-bond acceptors (Lipinski definition) is 5. The molecule has 0 aliphatic rings. The van der Waals surface area contributed by atoms with Crippen LogP contribution in [0.25, 0.3) is 10.9 Å². The molecule has 0 bridgehead atoms. The van der Waals surface area contributed by atoms with Gasteiger partial charge in [0.2, 0.25) is 0 Å². The second kappa shape index (κ2) is 9.26. The van der Waals surface area contributed by atoms with E-state index in [4.69, 9.17) is 4.74 Å². The van der Waals surface area contributed by atoms with Crippen molar-refractivity contribution in [2.24, 2.45) is 0 Å². The predicted octanol–water partition coefficient (Wildman–Crippen LogP) is 3.85. The van der Waals surface area contributed by atoms with Crippen LogP contribution in [0.5, 0.6) is 5.75 Å². The SMILES string of the molecule is CCOc1cc(C(=O)N(C)[C@H](CN(C)C)c2cncc3cn[nH]c23)ccc1C(C)C. The van der Waals surface area contributed by atoms with Gasteiger partial charge in [0.1, 0.15) is 5.75 Å². The maximum absolute atomic E-state index is 13.5. The summed E-state index contributed by atoms with van der Waals surface area (Å²) in [6.45, 7) is 7.41. The zero-order valence-electron chi connectivity index (χ0n) is 18.6. The van der Waals surface area contributed by atoms with Crippen LogP contribution in [-0.2, 0) is 0 Å². The third kappa shape index (κ3) is 4.46. The molecule has 1 amide bonds. The number of nitrogens with zero attached hydrogens (tertiary/aromatic N) is 4. The van der Waals surface area contributed by atoms with Crippen LogP contribution >= 0.6 is 0 Å². The van der Waals surface area contributed by atoms with Crippen LogP contribution in [0.1, 0.15) is 54.2 Å². The Morgan fingerprint density at radius 3 is 2.57 bits per heavy atom. The Labute approximate surface area is 178 Å². The highest BCUT2D eigenvalue weighted by Crippen LogP contribution is 2.30. The lowest BCUT2D eigenvalue weighted by Crippen LogP contribution is -2.37. The van der Waals surface area contributed by atoms with Crippen molar-refractivity contribution in [2.45, 2.75) is 32.7 Å². The van der Waals surface area contributed by atoms with Gasteiger partial charge in [-0.2, -0.15) is 5.10 Å². The highest BCUT2D eigenvalue weighted by atomic mass is 16.5. The molecule has 1 atom stereocenters. The lowest BCUT2D eigenvalue weighted by atomic mass is 9.99. The van der Waals surface area contributed by atoms with Crippen molar-refractivity contribution in [1.29, 1.82) is 0 Å². The number of fused-ring (bicyclic) bond motifs is 1. The van der Waals surface area contributed by atoms with Gasteiger partial charge in [0.15, 0.2) is 0 Å². The standard InChI is InChI=1S/C23H31N5O2/c1-7-30-21-10-16(8-9-18(21)15(2)3)23(29)28(6)20(14-27(4)5)19-13-24-11-17-12-25-26-22(17)19/h8-13,15,20H,7,14H2,1-6H3,(H,25,26)/t20-/m1/s1. The average molecular weight is 410 g/mol. The zero-order chi connectivity index (χ0) is 21.8. The van der Waals surface area contributed by atoms with E-state index >= 15 is 0 Å². The van der Waals surface area contributed by atoms with E-state index in [0.717, 1.165) is 27.8 Å². The summed E-state index contributed by atoms with van der Waals surface area (Å²) in [4.78, 5) is 21.7. The molecule has 0 aliphatic heterocycles. The molecule has 0 saturated heterocycles. The van der Waals surface area contributed by atoms with Gasteiger partial charge in [0, 0.05) is 42.5 Å². The fourth-order valence-corrected chi connectivity index (χ4v) is 3.69. The van der Waals surface area contributed by atoms with Gasteiger partial charge in [-0.1, -0.05) is 19.9 Å². The van der Waals surface area contributed by atoms with Gasteiger partial charge in [-0.05, 0) is 44.6 Å². The van der Waals surface area contributed by atoms with E-state index in [1.54, 1.807) is 17.3 Å². The molecule has 1 aromatic carbocycles. The minimum absolute atomic E-state index is 0.0605. The first-order valence-corrected chi connectivity index (χ1v) is 10.3. The minimum atomic E-state index is -0.190. The van der Waals surface area contributed by atoms with E-state index in [0.29, 0.717) is 24.6 Å². The van der Waals surface area contributed by atoms with Crippen molar-refractivity contribution in [3.63, 3.8) is 0 Å². The van der Waals surface area contributed by atoms with Crippen LogP contribution in [0.15, 0.2) is 36.8 Å². The number of rotatable bonds is 8. The summed E-state index contributed by atoms with van der Waals surface area (Å²) in [5.41, 5.74) is 3.56. The van der Waals surface area contributed by atoms with Gasteiger partial charge in [0.05, 0.1) is 24.4 Å². The zero-order valence-corrected chi connectivity index (χ0v) is 18.6. The molecular formula is C23H31N5O2. The van der Waals surface area contributed by atoms with Crippen LogP contribution in [0.2, 0.25) is 0 Å². The number of carbonyl (C=O) groups excluding carboxylic acids is 1. The second-order valence-electron chi connectivity index (χ2n) is 8.10. The number of ether oxygens (including phenoxy) is 1. The summed E-state index contributed by atoms with van der Waals surface area (Å²) in [5.74, 6) is 1.03. The highest BCUT2D eigenvalue weighted by Gasteiger charge is 2.26. The van der Waals surface area contributed by atoms with Crippen LogP contribution < -0.4 is 4.74 Å². The van der Waals surface area contributed by atoms with Gasteiger partial charge >= 0.3 is 0 Å². The van der Waals surface area contributed by atoms with E-state index in [1.165, 1.54) is 0 Å². The number of likely N-dealkylation sites (N-methyl/N-ethyl adjacent to an activating group) is 2. The number of amides is 1. The molecule has 3 rings (SSSR count). The number of aromatic nitrogens is 3. The molecule has 3 aromatic rings. The number of benzene rings is 1. The Bertz CT molecular complexity index is 1010. The third-order valence-corrected chi connectivity index (χ3v) is 5.25. The van der Waals surface area contributed by atoms with Gasteiger partial charge in [-0.25, -0.2) is 0 Å². The quantitative estimate of drug-likeness (QED) is 0.612. The molecule has 2 aromatic heterocycles. The Kier molecular flexibility index (Phi) is 6.72. The average Bonchev–Trinajstić information content (AvgIpc) is 3.20. The van der Waals surface area contributed by atoms with Gasteiger partial charge in [-0.15, -0.1) is 0 Å². The van der Waals surface area contributed by atoms with E-state index in [9.17, 15) is 4.79 Å². The molecule has 0 unspecified atom stereocenters. The molecule has 0 aliphatic carbocycles. The third-order valence-electron chi connectivity index (χ3n) is 5.25. The number of carbonyl (C=O) groups is 1. The van der Waals surface area contributed by atoms with Crippen molar-refractivity contribution in [2.75, 3.05) is 34.3 Å². The smallest absolute Gasteiger partial charge is 0.254 e. The number of nitrogens with one attached hydrogen (secondary N) is 1. The molecule has 7 heteroatoms. The predicted molar refractivity (Wildman–Crippen MR) is 119 cm³/mol. The van der Waals surface area contributed by atoms with Crippen molar-refractivity contribution in [3.8, 4) is 5.75 Å². The number of hydrogen-bond donors (Lipinski definition) is 1. The van der Waals surface area contributed by atoms with Crippen LogP contribution in [0.4, 0.5) is 0 Å². The fraction of sp³-hybridized carbons (Fsp3) is 0.435. The van der Waals surface area contributed by atoms with Crippen molar-refractivity contribution in [1.82, 2.24) is 25.0 Å². The molecule has 1 N–H and O–H groups in total. The van der Waals surface area contributed by atoms with Crippen LogP contribution in [0.3, 0.4) is 0 Å². The monoisotopic (exact) mass is 409 g/mol. The molecule has 160 valence electrons. The summed E-state index contributed by atoms with van der Waals surface area (Å²) in [5, 5.41) is 8.13. The molecule has 30 heavy (non-hydrogen) atoms. The van der Waals surface area contributed by atoms with E-state index in [1.807, 2.05) is 52.5 Å². The molecule has 0 spiro atoms. The highest BCUT2D eigenvalue weighted by molar-refractivity contribution is 5.95. The summed E-state index contributed by atoms with van der Waals surface area (Å²) >= 11 is 0. The van der Waals surface area contributed by atoms with E-state index in [-0.39, 0.29) is 11.9 Å². The van der Waals surface area contributed by atoms with Gasteiger partial charge in [-0.3, -0.25) is 14.9 Å². The molecule has 7 nitrogen and oxygen atoms in total. The van der Waals surface area contributed by atoms with Crippen LogP contribution in [0, 0.1) is 0 Å². The van der Waals surface area contributed by atoms with Gasteiger partial charge in [0.25, 0.3) is 5.91 Å². The summed E-state index contributed by atoms with van der Waals surface area (Å²) in [6, 6.07) is 5.55. The van der Waals surface area contributed by atoms with Crippen molar-refractivity contribution in [3.05, 3.63) is 53.5 Å². The lowest BCUT2D eigenvalue weighted by molar-refractivity contribution is 0.0705. The largest absolute Gasteiger partial charge is 0.494 e. The summed E-state index contributed by atoms with van der Waals surface area (Å²) in [7, 11) is 5.83. The Morgan fingerprint density at radius 2 is 1.90 bits per heavy atom. The summed E-state index contributed by atoms with van der Waals surface area (Å²) in [6.07, 6.45) is 5.33.